The van der Waals surface area contributed by atoms with Crippen LogP contribution < -0.4 is 0 Å². The fourth-order valence-corrected chi connectivity index (χ4v) is 4.09. The summed E-state index contributed by atoms with van der Waals surface area (Å²) in [6.45, 7) is 3.65. The second-order valence-electron chi connectivity index (χ2n) is 7.27. The van der Waals surface area contributed by atoms with E-state index in [-0.39, 0.29) is 5.92 Å². The minimum Gasteiger partial charge on any atom is -0.343 e. The number of piperidine rings is 1. The SMILES string of the molecule is Cc1cc(-c2ncc[nH]2)nc(C2CCN(C(=O)C3CCCC3)CC2)n1. The van der Waals surface area contributed by atoms with Crippen molar-refractivity contribution in [3.63, 3.8) is 0 Å². The van der Waals surface area contributed by atoms with Crippen molar-refractivity contribution < 1.29 is 4.79 Å². The molecule has 1 amide bonds. The first-order chi connectivity index (χ1) is 12.2. The number of likely N-dealkylation sites (tertiary alicyclic amines) is 1. The molecule has 25 heavy (non-hydrogen) atoms. The Morgan fingerprint density at radius 3 is 2.60 bits per heavy atom. The van der Waals surface area contributed by atoms with Crippen LogP contribution in [0.25, 0.3) is 11.5 Å². The van der Waals surface area contributed by atoms with Crippen LogP contribution in [0.5, 0.6) is 0 Å². The van der Waals surface area contributed by atoms with Crippen LogP contribution in [0.3, 0.4) is 0 Å². The van der Waals surface area contributed by atoms with Gasteiger partial charge in [-0.25, -0.2) is 15.0 Å². The summed E-state index contributed by atoms with van der Waals surface area (Å²) >= 11 is 0. The Labute approximate surface area is 148 Å². The van der Waals surface area contributed by atoms with Gasteiger partial charge in [0.2, 0.25) is 5.91 Å². The maximum atomic E-state index is 12.6. The van der Waals surface area contributed by atoms with Gasteiger partial charge in [-0.2, -0.15) is 0 Å². The third-order valence-corrected chi connectivity index (χ3v) is 5.49. The minimum absolute atomic E-state index is 0.275. The number of aromatic amines is 1. The summed E-state index contributed by atoms with van der Waals surface area (Å²) < 4.78 is 0. The van der Waals surface area contributed by atoms with Crippen LogP contribution in [0.4, 0.5) is 0 Å². The van der Waals surface area contributed by atoms with Gasteiger partial charge in [-0.15, -0.1) is 0 Å². The molecule has 3 heterocycles. The zero-order valence-corrected chi connectivity index (χ0v) is 14.7. The van der Waals surface area contributed by atoms with E-state index in [0.29, 0.717) is 11.8 Å². The summed E-state index contributed by atoms with van der Waals surface area (Å²) in [6.07, 6.45) is 10.00. The highest BCUT2D eigenvalue weighted by Gasteiger charge is 2.31. The van der Waals surface area contributed by atoms with Gasteiger partial charge in [0.1, 0.15) is 11.5 Å². The largest absolute Gasteiger partial charge is 0.343 e. The Kier molecular flexibility index (Phi) is 4.51. The number of hydrogen-bond acceptors (Lipinski definition) is 4. The van der Waals surface area contributed by atoms with Crippen LogP contribution in [0, 0.1) is 12.8 Å². The van der Waals surface area contributed by atoms with Crippen molar-refractivity contribution in [2.24, 2.45) is 5.92 Å². The van der Waals surface area contributed by atoms with Gasteiger partial charge in [0.25, 0.3) is 0 Å². The van der Waals surface area contributed by atoms with Crippen molar-refractivity contribution in [1.29, 1.82) is 0 Å². The molecule has 2 aromatic heterocycles. The van der Waals surface area contributed by atoms with Crippen molar-refractivity contribution in [2.45, 2.75) is 51.4 Å². The first kappa shape index (κ1) is 16.2. The standard InChI is InChI=1S/C19H25N5O/c1-13-12-16(18-20-8-9-21-18)23-17(22-13)14-6-10-24(11-7-14)19(25)15-4-2-3-5-15/h8-9,12,14-15H,2-7,10-11H2,1H3,(H,20,21). The molecule has 2 aromatic rings. The number of carbonyl (C=O) groups excluding carboxylic acids is 1. The van der Waals surface area contributed by atoms with E-state index in [9.17, 15) is 4.79 Å². The van der Waals surface area contributed by atoms with E-state index in [1.807, 2.05) is 13.0 Å². The summed E-state index contributed by atoms with van der Waals surface area (Å²) in [5, 5.41) is 0. The Balaban J connectivity index is 1.45. The summed E-state index contributed by atoms with van der Waals surface area (Å²) in [5.74, 6) is 2.64. The van der Waals surface area contributed by atoms with Crippen LogP contribution in [0.2, 0.25) is 0 Å². The molecule has 132 valence electrons. The Morgan fingerprint density at radius 1 is 1.16 bits per heavy atom. The lowest BCUT2D eigenvalue weighted by Crippen LogP contribution is -2.41. The van der Waals surface area contributed by atoms with Crippen LogP contribution in [-0.4, -0.2) is 43.8 Å². The normalized spacial score (nSPS) is 19.5. The van der Waals surface area contributed by atoms with Gasteiger partial charge in [0.05, 0.1) is 0 Å². The fourth-order valence-electron chi connectivity index (χ4n) is 4.09. The molecule has 1 saturated carbocycles. The minimum atomic E-state index is 0.275. The van der Waals surface area contributed by atoms with Gasteiger partial charge < -0.3 is 9.88 Å². The Morgan fingerprint density at radius 2 is 1.92 bits per heavy atom. The number of aryl methyl sites for hydroxylation is 1. The molecule has 0 spiro atoms. The second-order valence-corrected chi connectivity index (χ2v) is 7.27. The molecule has 1 aliphatic carbocycles. The van der Waals surface area contributed by atoms with Gasteiger partial charge in [0.15, 0.2) is 5.82 Å². The van der Waals surface area contributed by atoms with Gasteiger partial charge in [-0.1, -0.05) is 12.8 Å². The number of carbonyl (C=O) groups is 1. The number of rotatable bonds is 3. The van der Waals surface area contributed by atoms with E-state index in [2.05, 4.69) is 19.9 Å². The van der Waals surface area contributed by atoms with Gasteiger partial charge >= 0.3 is 0 Å². The second kappa shape index (κ2) is 6.94. The smallest absolute Gasteiger partial charge is 0.225 e. The van der Waals surface area contributed by atoms with E-state index in [4.69, 9.17) is 4.98 Å². The third-order valence-electron chi connectivity index (χ3n) is 5.49. The zero-order valence-electron chi connectivity index (χ0n) is 14.7. The van der Waals surface area contributed by atoms with E-state index < -0.39 is 0 Å². The Bertz CT molecular complexity index is 728. The van der Waals surface area contributed by atoms with E-state index in [0.717, 1.165) is 61.8 Å². The molecule has 0 aromatic carbocycles. The lowest BCUT2D eigenvalue weighted by molar-refractivity contribution is -0.136. The molecule has 1 N–H and O–H groups in total. The summed E-state index contributed by atoms with van der Waals surface area (Å²) in [5.41, 5.74) is 1.80. The molecule has 1 aliphatic heterocycles. The number of imidazole rings is 1. The maximum absolute atomic E-state index is 12.6. The van der Waals surface area contributed by atoms with Crippen molar-refractivity contribution in [2.75, 3.05) is 13.1 Å². The van der Waals surface area contributed by atoms with E-state index in [1.165, 1.54) is 12.8 Å². The molecule has 6 heteroatoms. The van der Waals surface area contributed by atoms with Crippen molar-refractivity contribution in [1.82, 2.24) is 24.8 Å². The molecule has 4 rings (SSSR count). The van der Waals surface area contributed by atoms with E-state index in [1.54, 1.807) is 12.4 Å². The number of aromatic nitrogens is 4. The molecule has 6 nitrogen and oxygen atoms in total. The quantitative estimate of drug-likeness (QED) is 0.932. The average molecular weight is 339 g/mol. The number of H-pyrrole nitrogens is 1. The number of nitrogens with one attached hydrogen (secondary N) is 1. The van der Waals surface area contributed by atoms with Crippen LogP contribution in [-0.2, 0) is 4.79 Å². The number of hydrogen-bond donors (Lipinski definition) is 1. The molecule has 1 saturated heterocycles. The lowest BCUT2D eigenvalue weighted by Gasteiger charge is -2.33. The molecule has 0 bridgehead atoms. The zero-order chi connectivity index (χ0) is 17.2. The summed E-state index contributed by atoms with van der Waals surface area (Å²) in [6, 6.07) is 1.96. The van der Waals surface area contributed by atoms with Crippen molar-refractivity contribution in [3.8, 4) is 11.5 Å². The maximum Gasteiger partial charge on any atom is 0.225 e. The Hall–Kier alpha value is -2.24. The molecular weight excluding hydrogens is 314 g/mol. The molecule has 0 unspecified atom stereocenters. The molecular formula is C19H25N5O. The topological polar surface area (TPSA) is 74.8 Å². The summed E-state index contributed by atoms with van der Waals surface area (Å²) in [4.78, 5) is 31.5. The van der Waals surface area contributed by atoms with Crippen LogP contribution in [0.1, 0.15) is 56.0 Å². The predicted octanol–water partition coefficient (Wildman–Crippen LogP) is 3.07. The molecule has 0 radical (unpaired) electrons. The first-order valence-electron chi connectivity index (χ1n) is 9.35. The van der Waals surface area contributed by atoms with Crippen molar-refractivity contribution >= 4 is 5.91 Å². The summed E-state index contributed by atoms with van der Waals surface area (Å²) in [7, 11) is 0. The van der Waals surface area contributed by atoms with Gasteiger partial charge in [-0.3, -0.25) is 4.79 Å². The van der Waals surface area contributed by atoms with E-state index >= 15 is 0 Å². The van der Waals surface area contributed by atoms with Crippen LogP contribution >= 0.6 is 0 Å². The molecule has 2 fully saturated rings. The highest BCUT2D eigenvalue weighted by atomic mass is 16.2. The molecule has 2 aliphatic rings. The monoisotopic (exact) mass is 339 g/mol. The van der Waals surface area contributed by atoms with Gasteiger partial charge in [-0.05, 0) is 38.7 Å². The average Bonchev–Trinajstić information content (AvgIpc) is 3.34. The highest BCUT2D eigenvalue weighted by Crippen LogP contribution is 2.31. The van der Waals surface area contributed by atoms with Gasteiger partial charge in [0, 0.05) is 43.0 Å². The number of amides is 1. The highest BCUT2D eigenvalue weighted by molar-refractivity contribution is 5.79. The van der Waals surface area contributed by atoms with Crippen LogP contribution in [0.15, 0.2) is 18.5 Å². The predicted molar refractivity (Wildman–Crippen MR) is 94.9 cm³/mol. The fraction of sp³-hybridized carbons (Fsp3) is 0.579. The molecule has 0 atom stereocenters. The first-order valence-corrected chi connectivity index (χ1v) is 9.35. The lowest BCUT2D eigenvalue weighted by atomic mass is 9.94. The third kappa shape index (κ3) is 3.43. The van der Waals surface area contributed by atoms with Crippen molar-refractivity contribution in [3.05, 3.63) is 30.0 Å². The number of nitrogens with zero attached hydrogens (tertiary/aromatic N) is 4.